The molecule has 0 saturated heterocycles. The summed E-state index contributed by atoms with van der Waals surface area (Å²) in [6.45, 7) is 0. The minimum absolute atomic E-state index is 0.0473. The zero-order valence-corrected chi connectivity index (χ0v) is 10.4. The summed E-state index contributed by atoms with van der Waals surface area (Å²) >= 11 is 3.27. The maximum absolute atomic E-state index is 11.7. The molecule has 1 atom stereocenters. The van der Waals surface area contributed by atoms with Crippen molar-refractivity contribution in [2.45, 2.75) is 12.5 Å². The number of hydrogen-bond acceptors (Lipinski definition) is 4. The molecule has 0 bridgehead atoms. The molecule has 0 aliphatic rings. The van der Waals surface area contributed by atoms with Gasteiger partial charge in [-0.25, -0.2) is 0 Å². The third-order valence-corrected chi connectivity index (χ3v) is 2.60. The monoisotopic (exact) mass is 285 g/mol. The smallest absolute Gasteiger partial charge is 0.323 e. The van der Waals surface area contributed by atoms with Crippen molar-refractivity contribution < 1.29 is 14.3 Å². The minimum atomic E-state index is -0.902. The maximum atomic E-state index is 11.7. The van der Waals surface area contributed by atoms with Crippen molar-refractivity contribution in [2.75, 3.05) is 7.11 Å². The molecule has 2 N–H and O–H groups in total. The van der Waals surface area contributed by atoms with Gasteiger partial charge in [-0.3, -0.25) is 9.59 Å². The fourth-order valence-corrected chi connectivity index (χ4v) is 1.45. The topological polar surface area (TPSA) is 69.4 Å². The second-order valence-electron chi connectivity index (χ2n) is 3.26. The van der Waals surface area contributed by atoms with Crippen LogP contribution in [0.2, 0.25) is 0 Å². The Morgan fingerprint density at radius 1 is 1.38 bits per heavy atom. The molecule has 5 heteroatoms. The third kappa shape index (κ3) is 3.43. The molecule has 0 heterocycles. The number of rotatable bonds is 4. The van der Waals surface area contributed by atoms with E-state index in [-0.39, 0.29) is 12.2 Å². The van der Waals surface area contributed by atoms with Crippen molar-refractivity contribution >= 4 is 27.7 Å². The van der Waals surface area contributed by atoms with Crippen molar-refractivity contribution in [2.24, 2.45) is 5.73 Å². The predicted molar refractivity (Wildman–Crippen MR) is 63.1 cm³/mol. The highest BCUT2D eigenvalue weighted by Crippen LogP contribution is 2.12. The fourth-order valence-electron chi connectivity index (χ4n) is 1.19. The van der Waals surface area contributed by atoms with Gasteiger partial charge in [-0.05, 0) is 12.1 Å². The van der Waals surface area contributed by atoms with Crippen molar-refractivity contribution in [1.29, 1.82) is 0 Å². The first kappa shape index (κ1) is 12.9. The number of carbonyl (C=O) groups excluding carboxylic acids is 2. The lowest BCUT2D eigenvalue weighted by atomic mass is 10.0. The standard InChI is InChI=1S/C11H12BrNO3/c1-16-11(15)9(13)6-10(14)7-2-4-8(12)5-3-7/h2-5,9H,6,13H2,1H3. The highest BCUT2D eigenvalue weighted by Gasteiger charge is 2.18. The average Bonchev–Trinajstić information content (AvgIpc) is 2.28. The number of methoxy groups -OCH3 is 1. The summed E-state index contributed by atoms with van der Waals surface area (Å²) < 4.78 is 5.33. The Bertz CT molecular complexity index is 389. The molecule has 1 rings (SSSR count). The van der Waals surface area contributed by atoms with Crippen LogP contribution in [0.4, 0.5) is 0 Å². The molecular formula is C11H12BrNO3. The Labute approximate surface area is 102 Å². The number of nitrogens with two attached hydrogens (primary N) is 1. The molecule has 0 amide bonds. The van der Waals surface area contributed by atoms with E-state index >= 15 is 0 Å². The third-order valence-electron chi connectivity index (χ3n) is 2.08. The SMILES string of the molecule is COC(=O)C(N)CC(=O)c1ccc(Br)cc1. The van der Waals surface area contributed by atoms with E-state index in [2.05, 4.69) is 20.7 Å². The zero-order valence-electron chi connectivity index (χ0n) is 8.77. The van der Waals surface area contributed by atoms with Crippen LogP contribution in [0.3, 0.4) is 0 Å². The van der Waals surface area contributed by atoms with Crippen LogP contribution in [0.5, 0.6) is 0 Å². The summed E-state index contributed by atoms with van der Waals surface area (Å²) in [6.07, 6.45) is -0.0473. The molecule has 16 heavy (non-hydrogen) atoms. The van der Waals surface area contributed by atoms with Gasteiger partial charge >= 0.3 is 5.97 Å². The van der Waals surface area contributed by atoms with E-state index in [9.17, 15) is 9.59 Å². The quantitative estimate of drug-likeness (QED) is 0.673. The predicted octanol–water partition coefficient (Wildman–Crippen LogP) is 1.52. The second kappa shape index (κ2) is 5.77. The van der Waals surface area contributed by atoms with Gasteiger partial charge < -0.3 is 10.5 Å². The molecule has 0 spiro atoms. The van der Waals surface area contributed by atoms with Crippen LogP contribution in [0.25, 0.3) is 0 Å². The molecule has 1 aromatic rings. The van der Waals surface area contributed by atoms with Gasteiger partial charge in [-0.15, -0.1) is 0 Å². The van der Waals surface area contributed by atoms with E-state index in [1.54, 1.807) is 24.3 Å². The van der Waals surface area contributed by atoms with E-state index in [1.165, 1.54) is 7.11 Å². The normalized spacial score (nSPS) is 11.9. The van der Waals surface area contributed by atoms with Gasteiger partial charge in [0, 0.05) is 16.5 Å². The molecule has 0 aromatic heterocycles. The van der Waals surface area contributed by atoms with Crippen LogP contribution in [0, 0.1) is 0 Å². The average molecular weight is 286 g/mol. The van der Waals surface area contributed by atoms with E-state index in [0.29, 0.717) is 5.56 Å². The van der Waals surface area contributed by atoms with Gasteiger partial charge in [0.25, 0.3) is 0 Å². The highest BCUT2D eigenvalue weighted by molar-refractivity contribution is 9.10. The van der Waals surface area contributed by atoms with Gasteiger partial charge in [0.1, 0.15) is 6.04 Å². The van der Waals surface area contributed by atoms with Crippen molar-refractivity contribution in [3.8, 4) is 0 Å². The molecule has 1 aromatic carbocycles. The van der Waals surface area contributed by atoms with Crippen LogP contribution in [-0.4, -0.2) is 24.9 Å². The first-order valence-electron chi connectivity index (χ1n) is 4.66. The van der Waals surface area contributed by atoms with Gasteiger partial charge in [0.2, 0.25) is 0 Å². The number of hydrogen-bond donors (Lipinski definition) is 1. The zero-order chi connectivity index (χ0) is 12.1. The van der Waals surface area contributed by atoms with Crippen molar-refractivity contribution in [1.82, 2.24) is 0 Å². The van der Waals surface area contributed by atoms with Crippen molar-refractivity contribution in [3.63, 3.8) is 0 Å². The minimum Gasteiger partial charge on any atom is -0.468 e. The van der Waals surface area contributed by atoms with Crippen LogP contribution < -0.4 is 5.73 Å². The largest absolute Gasteiger partial charge is 0.468 e. The molecule has 0 fully saturated rings. The first-order chi connectivity index (χ1) is 7.54. The van der Waals surface area contributed by atoms with E-state index in [4.69, 9.17) is 5.73 Å². The summed E-state index contributed by atoms with van der Waals surface area (Å²) in [5.74, 6) is -0.754. The summed E-state index contributed by atoms with van der Waals surface area (Å²) in [7, 11) is 1.24. The van der Waals surface area contributed by atoms with Crippen LogP contribution in [-0.2, 0) is 9.53 Å². The number of benzene rings is 1. The number of ether oxygens (including phenoxy) is 1. The van der Waals surface area contributed by atoms with Gasteiger partial charge in [0.05, 0.1) is 7.11 Å². The summed E-state index contributed by atoms with van der Waals surface area (Å²) in [5.41, 5.74) is 6.02. The molecule has 0 radical (unpaired) electrons. The van der Waals surface area contributed by atoms with E-state index in [0.717, 1.165) is 4.47 Å². The van der Waals surface area contributed by atoms with Crippen LogP contribution in [0.1, 0.15) is 16.8 Å². The number of Topliss-reactive ketones (excluding diaryl/α,β-unsaturated/α-hetero) is 1. The Balaban J connectivity index is 2.65. The molecule has 0 aliphatic carbocycles. The van der Waals surface area contributed by atoms with Gasteiger partial charge in [-0.2, -0.15) is 0 Å². The summed E-state index contributed by atoms with van der Waals surface area (Å²) in [5, 5.41) is 0. The molecular weight excluding hydrogens is 274 g/mol. The summed E-state index contributed by atoms with van der Waals surface area (Å²) in [6, 6.07) is 5.97. The van der Waals surface area contributed by atoms with Gasteiger partial charge in [-0.1, -0.05) is 28.1 Å². The van der Waals surface area contributed by atoms with Crippen LogP contribution in [0.15, 0.2) is 28.7 Å². The van der Waals surface area contributed by atoms with E-state index < -0.39 is 12.0 Å². The Kier molecular flexibility index (Phi) is 4.64. The lowest BCUT2D eigenvalue weighted by Gasteiger charge is -2.08. The summed E-state index contributed by atoms with van der Waals surface area (Å²) in [4.78, 5) is 22.7. The number of carbonyl (C=O) groups is 2. The second-order valence-corrected chi connectivity index (χ2v) is 4.18. The molecule has 0 aliphatic heterocycles. The number of halogens is 1. The lowest BCUT2D eigenvalue weighted by molar-refractivity contribution is -0.142. The van der Waals surface area contributed by atoms with Crippen LogP contribution >= 0.6 is 15.9 Å². The van der Waals surface area contributed by atoms with Crippen molar-refractivity contribution in [3.05, 3.63) is 34.3 Å². The highest BCUT2D eigenvalue weighted by atomic mass is 79.9. The lowest BCUT2D eigenvalue weighted by Crippen LogP contribution is -2.33. The Morgan fingerprint density at radius 3 is 2.44 bits per heavy atom. The Morgan fingerprint density at radius 2 is 1.94 bits per heavy atom. The number of esters is 1. The molecule has 86 valence electrons. The number of ketones is 1. The molecule has 0 saturated carbocycles. The Hall–Kier alpha value is -1.20. The first-order valence-corrected chi connectivity index (χ1v) is 5.46. The maximum Gasteiger partial charge on any atom is 0.323 e. The molecule has 4 nitrogen and oxygen atoms in total. The van der Waals surface area contributed by atoms with Gasteiger partial charge in [0.15, 0.2) is 5.78 Å². The van der Waals surface area contributed by atoms with E-state index in [1.807, 2.05) is 0 Å². The molecule has 1 unspecified atom stereocenters. The fraction of sp³-hybridized carbons (Fsp3) is 0.273.